The molecule has 118 valence electrons. The highest BCUT2D eigenvalue weighted by molar-refractivity contribution is 7.90. The van der Waals surface area contributed by atoms with Crippen molar-refractivity contribution in [1.29, 1.82) is 0 Å². The van der Waals surface area contributed by atoms with E-state index < -0.39 is 22.1 Å². The quantitative estimate of drug-likeness (QED) is 0.693. The fraction of sp³-hybridized carbons (Fsp3) is 0.500. The number of rotatable bonds is 6. The molecule has 2 N–H and O–H groups in total. The maximum Gasteiger partial charge on any atom is 0.511 e. The average Bonchev–Trinajstić information content (AvgIpc) is 2.38. The van der Waals surface area contributed by atoms with Crippen molar-refractivity contribution in [2.24, 2.45) is 0 Å². The van der Waals surface area contributed by atoms with Gasteiger partial charge >= 0.3 is 15.5 Å². The number of sulfonamides is 1. The molecule has 0 unspecified atom stereocenters. The molecule has 0 fully saturated rings. The Morgan fingerprint density at radius 3 is 2.57 bits per heavy atom. The fourth-order valence-corrected chi connectivity index (χ4v) is 1.81. The molecule has 1 aromatic rings. The van der Waals surface area contributed by atoms with E-state index >= 15 is 0 Å². The predicted octanol–water partition coefficient (Wildman–Crippen LogP) is -0.442. The van der Waals surface area contributed by atoms with Gasteiger partial charge in [-0.05, 0) is 12.0 Å². The summed E-state index contributed by atoms with van der Waals surface area (Å²) >= 11 is 0. The Balaban J connectivity index is 2.56. The van der Waals surface area contributed by atoms with Crippen LogP contribution in [-0.2, 0) is 16.6 Å². The van der Waals surface area contributed by atoms with Crippen LogP contribution < -0.4 is 14.7 Å². The summed E-state index contributed by atoms with van der Waals surface area (Å²) in [5, 5.41) is 6.36. The lowest BCUT2D eigenvalue weighted by Gasteiger charge is -2.07. The molecule has 1 rings (SSSR count). The zero-order valence-electron chi connectivity index (χ0n) is 11.0. The lowest BCUT2D eigenvalue weighted by atomic mass is 10.3. The van der Waals surface area contributed by atoms with Gasteiger partial charge in [0.05, 0.1) is 12.1 Å². The zero-order chi connectivity index (χ0) is 16.1. The van der Waals surface area contributed by atoms with Crippen molar-refractivity contribution in [3.8, 4) is 0 Å². The highest BCUT2D eigenvalue weighted by Gasteiger charge is 2.45. The molecular weight excluding hydrogens is 313 g/mol. The van der Waals surface area contributed by atoms with Crippen LogP contribution in [0.5, 0.6) is 0 Å². The van der Waals surface area contributed by atoms with Gasteiger partial charge in [-0.25, -0.2) is 13.1 Å². The zero-order valence-corrected chi connectivity index (χ0v) is 11.8. The number of hydrogen-bond acceptors (Lipinski definition) is 4. The molecule has 0 atom stereocenters. The first-order valence-electron chi connectivity index (χ1n) is 5.87. The van der Waals surface area contributed by atoms with Crippen LogP contribution in [-0.4, -0.2) is 38.0 Å². The van der Waals surface area contributed by atoms with E-state index in [4.69, 9.17) is 0 Å². The first-order valence-corrected chi connectivity index (χ1v) is 7.35. The highest BCUT2D eigenvalue weighted by atomic mass is 32.2. The Hall–Kier alpha value is -1.75. The molecule has 0 bridgehead atoms. The van der Waals surface area contributed by atoms with Crippen molar-refractivity contribution >= 4 is 15.9 Å². The van der Waals surface area contributed by atoms with E-state index in [1.165, 1.54) is 27.9 Å². The van der Waals surface area contributed by atoms with Gasteiger partial charge in [0.15, 0.2) is 12.7 Å². The number of amides is 1. The highest BCUT2D eigenvalue weighted by Crippen LogP contribution is 2.21. The third kappa shape index (κ3) is 4.93. The van der Waals surface area contributed by atoms with Crippen molar-refractivity contribution in [1.82, 2.24) is 15.1 Å². The Bertz CT molecular complexity index is 587. The molecule has 0 aliphatic carbocycles. The van der Waals surface area contributed by atoms with Crippen molar-refractivity contribution in [2.45, 2.75) is 19.0 Å². The normalized spacial score (nSPS) is 12.2. The summed E-state index contributed by atoms with van der Waals surface area (Å²) in [6, 6.07) is 1.43. The minimum absolute atomic E-state index is 0.106. The van der Waals surface area contributed by atoms with E-state index in [1.807, 2.05) is 0 Å². The summed E-state index contributed by atoms with van der Waals surface area (Å²) in [4.78, 5) is 11.4. The lowest BCUT2D eigenvalue weighted by molar-refractivity contribution is -0.752. The van der Waals surface area contributed by atoms with E-state index in [0.717, 1.165) is 0 Å². The summed E-state index contributed by atoms with van der Waals surface area (Å²) in [7, 11) is -5.35. The Morgan fingerprint density at radius 1 is 1.43 bits per heavy atom. The molecule has 0 spiro atoms. The van der Waals surface area contributed by atoms with E-state index in [0.29, 0.717) is 12.1 Å². The molecule has 7 nitrogen and oxygen atoms in total. The topological polar surface area (TPSA) is 92.0 Å². The number of nitrogens with zero attached hydrogens (tertiary/aromatic N) is 2. The van der Waals surface area contributed by atoms with Crippen LogP contribution in [0.15, 0.2) is 18.5 Å². The van der Waals surface area contributed by atoms with Gasteiger partial charge in [0.1, 0.15) is 6.20 Å². The minimum atomic E-state index is -5.35. The van der Waals surface area contributed by atoms with E-state index in [-0.39, 0.29) is 12.5 Å². The number of hydrogen-bond donors (Lipinski definition) is 2. The summed E-state index contributed by atoms with van der Waals surface area (Å²) < 4.78 is 60.3. The molecule has 0 aromatic carbocycles. The fourth-order valence-electron chi connectivity index (χ4n) is 1.29. The van der Waals surface area contributed by atoms with Crippen molar-refractivity contribution in [2.75, 3.05) is 13.1 Å². The summed E-state index contributed by atoms with van der Waals surface area (Å²) in [5.74, 6) is -0.324. The molecule has 0 aliphatic heterocycles. The number of carbonyl (C=O) groups is 1. The van der Waals surface area contributed by atoms with Crippen molar-refractivity contribution in [3.05, 3.63) is 24.0 Å². The molecule has 0 aliphatic rings. The molecule has 1 aromatic heterocycles. The van der Waals surface area contributed by atoms with Gasteiger partial charge in [0, 0.05) is 12.6 Å². The van der Waals surface area contributed by atoms with Gasteiger partial charge in [-0.3, -0.25) is 4.79 Å². The second-order valence-electron chi connectivity index (χ2n) is 3.88. The number of alkyl halides is 3. The third-order valence-corrected chi connectivity index (χ3v) is 3.50. The molecule has 0 radical (unpaired) electrons. The molecule has 0 saturated carbocycles. The molecular formula is C10H14F3N4O3S+. The van der Waals surface area contributed by atoms with Gasteiger partial charge in [-0.2, -0.15) is 13.2 Å². The van der Waals surface area contributed by atoms with Crippen LogP contribution in [0.2, 0.25) is 0 Å². The number of nitrogens with one attached hydrogen (secondary N) is 2. The van der Waals surface area contributed by atoms with Crippen LogP contribution in [0.4, 0.5) is 13.2 Å². The number of aromatic nitrogens is 2. The lowest BCUT2D eigenvalue weighted by Crippen LogP contribution is -2.45. The third-order valence-electron chi connectivity index (χ3n) is 2.31. The molecule has 0 saturated heterocycles. The van der Waals surface area contributed by atoms with Gasteiger partial charge < -0.3 is 5.32 Å². The first-order chi connectivity index (χ1) is 9.67. The van der Waals surface area contributed by atoms with Crippen molar-refractivity contribution in [3.63, 3.8) is 0 Å². The van der Waals surface area contributed by atoms with E-state index in [2.05, 4.69) is 10.4 Å². The van der Waals surface area contributed by atoms with Gasteiger partial charge in [-0.1, -0.05) is 4.68 Å². The largest absolute Gasteiger partial charge is 0.511 e. The monoisotopic (exact) mass is 327 g/mol. The second-order valence-corrected chi connectivity index (χ2v) is 5.64. The second kappa shape index (κ2) is 6.80. The standard InChI is InChI=1S/C10H13F3N4O3S/c1-2-14-9(18)8-3-5-17(15-7-8)6-4-16-21(19,20)10(11,12)13/h3,5,7,16H,2,4,6H2,1H3/p+1. The number of carbonyl (C=O) groups excluding carboxylic acids is 1. The first kappa shape index (κ1) is 17.3. The number of halogens is 3. The van der Waals surface area contributed by atoms with Gasteiger partial charge in [0.25, 0.3) is 5.91 Å². The smallest absolute Gasteiger partial charge is 0.352 e. The van der Waals surface area contributed by atoms with E-state index in [1.54, 1.807) is 6.92 Å². The van der Waals surface area contributed by atoms with Crippen LogP contribution in [0.1, 0.15) is 17.3 Å². The maximum atomic E-state index is 12.1. The summed E-state index contributed by atoms with van der Waals surface area (Å²) in [6.07, 6.45) is 2.61. The Labute approximate surface area is 119 Å². The van der Waals surface area contributed by atoms with Gasteiger partial charge in [0.2, 0.25) is 0 Å². The SMILES string of the molecule is CCNC(=O)c1cc[n+](CCNS(=O)(=O)C(F)(F)F)nc1. The van der Waals surface area contributed by atoms with Crippen LogP contribution in [0.3, 0.4) is 0 Å². The predicted molar refractivity (Wildman–Crippen MR) is 65.4 cm³/mol. The Morgan fingerprint density at radius 2 is 2.10 bits per heavy atom. The molecule has 21 heavy (non-hydrogen) atoms. The van der Waals surface area contributed by atoms with Crippen LogP contribution in [0, 0.1) is 0 Å². The van der Waals surface area contributed by atoms with Crippen molar-refractivity contribution < 1.29 is 31.1 Å². The summed E-state index contributed by atoms with van der Waals surface area (Å²) in [6.45, 7) is 1.62. The summed E-state index contributed by atoms with van der Waals surface area (Å²) in [5.41, 5.74) is -5.04. The van der Waals surface area contributed by atoms with E-state index in [9.17, 15) is 26.4 Å². The molecule has 11 heteroatoms. The maximum absolute atomic E-state index is 12.1. The Kier molecular flexibility index (Phi) is 5.61. The van der Waals surface area contributed by atoms with Gasteiger partial charge in [-0.15, -0.1) is 0 Å². The minimum Gasteiger partial charge on any atom is -0.352 e. The average molecular weight is 327 g/mol. The molecule has 1 amide bonds. The van der Waals surface area contributed by atoms with Crippen LogP contribution >= 0.6 is 0 Å². The van der Waals surface area contributed by atoms with Crippen LogP contribution in [0.25, 0.3) is 0 Å². The molecule has 1 heterocycles.